The molecule has 0 aromatic heterocycles. The molecule has 0 aliphatic heterocycles. The first-order valence-electron chi connectivity index (χ1n) is 4.36. The Morgan fingerprint density at radius 1 is 1.23 bits per heavy atom. The summed E-state index contributed by atoms with van der Waals surface area (Å²) in [6.07, 6.45) is -0.663. The molecule has 0 amide bonds. The molecular formula is C10H15NO2. The van der Waals surface area contributed by atoms with Crippen molar-refractivity contribution in [3.8, 4) is 0 Å². The van der Waals surface area contributed by atoms with E-state index in [1.54, 1.807) is 0 Å². The van der Waals surface area contributed by atoms with Crippen molar-refractivity contribution in [3.05, 3.63) is 35.9 Å². The smallest absolute Gasteiger partial charge is 0.0895 e. The highest BCUT2D eigenvalue weighted by Crippen LogP contribution is 1.96. The van der Waals surface area contributed by atoms with E-state index in [0.29, 0.717) is 6.54 Å². The van der Waals surface area contributed by atoms with Gasteiger partial charge in [-0.2, -0.15) is 0 Å². The zero-order valence-electron chi connectivity index (χ0n) is 7.48. The van der Waals surface area contributed by atoms with Crippen molar-refractivity contribution >= 4 is 0 Å². The van der Waals surface area contributed by atoms with Crippen LogP contribution in [-0.2, 0) is 6.54 Å². The first-order chi connectivity index (χ1) is 6.33. The molecule has 0 saturated heterocycles. The second-order valence-electron chi connectivity index (χ2n) is 2.95. The summed E-state index contributed by atoms with van der Waals surface area (Å²) < 4.78 is 0. The topological polar surface area (TPSA) is 52.5 Å². The Morgan fingerprint density at radius 3 is 2.54 bits per heavy atom. The molecule has 0 radical (unpaired) electrons. The lowest BCUT2D eigenvalue weighted by molar-refractivity contribution is 0.0942. The van der Waals surface area contributed by atoms with Gasteiger partial charge in [0.05, 0.1) is 12.7 Å². The molecule has 0 aliphatic carbocycles. The highest BCUT2D eigenvalue weighted by molar-refractivity contribution is 5.14. The number of hydrogen-bond donors (Lipinski definition) is 3. The van der Waals surface area contributed by atoms with Gasteiger partial charge in [0.15, 0.2) is 0 Å². The maximum Gasteiger partial charge on any atom is 0.0895 e. The van der Waals surface area contributed by atoms with Crippen molar-refractivity contribution in [1.29, 1.82) is 0 Å². The van der Waals surface area contributed by atoms with E-state index in [4.69, 9.17) is 10.2 Å². The van der Waals surface area contributed by atoms with E-state index in [0.717, 1.165) is 6.54 Å². The van der Waals surface area contributed by atoms with E-state index >= 15 is 0 Å². The standard InChI is InChI=1S/C10H15NO2/c12-8-10(13)7-11-6-9-4-2-1-3-5-9/h1-5,10-13H,6-8H2. The first kappa shape index (κ1) is 10.2. The molecule has 1 aromatic carbocycles. The SMILES string of the molecule is OCC(O)CNCc1ccccc1. The van der Waals surface area contributed by atoms with Gasteiger partial charge in [0.1, 0.15) is 0 Å². The summed E-state index contributed by atoms with van der Waals surface area (Å²) in [5, 5.41) is 20.6. The molecule has 3 heteroatoms. The van der Waals surface area contributed by atoms with E-state index in [9.17, 15) is 0 Å². The van der Waals surface area contributed by atoms with Crippen LogP contribution in [-0.4, -0.2) is 29.5 Å². The van der Waals surface area contributed by atoms with Crippen molar-refractivity contribution in [2.24, 2.45) is 0 Å². The molecule has 1 unspecified atom stereocenters. The van der Waals surface area contributed by atoms with Crippen LogP contribution < -0.4 is 5.32 Å². The second kappa shape index (κ2) is 5.70. The lowest BCUT2D eigenvalue weighted by atomic mass is 10.2. The van der Waals surface area contributed by atoms with Crippen LogP contribution in [0.4, 0.5) is 0 Å². The second-order valence-corrected chi connectivity index (χ2v) is 2.95. The van der Waals surface area contributed by atoms with Crippen LogP contribution in [0.1, 0.15) is 5.56 Å². The lowest BCUT2D eigenvalue weighted by Crippen LogP contribution is -2.28. The largest absolute Gasteiger partial charge is 0.394 e. The fraction of sp³-hybridized carbons (Fsp3) is 0.400. The summed E-state index contributed by atoms with van der Waals surface area (Å²) in [6, 6.07) is 9.93. The first-order valence-corrected chi connectivity index (χ1v) is 4.36. The van der Waals surface area contributed by atoms with Crippen LogP contribution in [0.25, 0.3) is 0 Å². The number of aliphatic hydroxyl groups excluding tert-OH is 2. The number of aliphatic hydroxyl groups is 2. The third-order valence-corrected chi connectivity index (χ3v) is 1.76. The maximum atomic E-state index is 9.02. The molecule has 0 aliphatic rings. The zero-order valence-corrected chi connectivity index (χ0v) is 7.48. The Labute approximate surface area is 78.0 Å². The summed E-state index contributed by atoms with van der Waals surface area (Å²) in [5.41, 5.74) is 1.17. The van der Waals surface area contributed by atoms with E-state index < -0.39 is 6.10 Å². The Hall–Kier alpha value is -0.900. The molecule has 0 spiro atoms. The zero-order chi connectivity index (χ0) is 9.52. The van der Waals surface area contributed by atoms with E-state index in [1.807, 2.05) is 30.3 Å². The van der Waals surface area contributed by atoms with Gasteiger partial charge >= 0.3 is 0 Å². The number of benzene rings is 1. The summed E-state index contributed by atoms with van der Waals surface area (Å²) in [4.78, 5) is 0. The molecule has 0 bridgehead atoms. The third kappa shape index (κ3) is 4.03. The fourth-order valence-electron chi connectivity index (χ4n) is 1.04. The van der Waals surface area contributed by atoms with Gasteiger partial charge in [-0.15, -0.1) is 0 Å². The molecule has 3 nitrogen and oxygen atoms in total. The summed E-state index contributed by atoms with van der Waals surface area (Å²) in [7, 11) is 0. The predicted molar refractivity (Wildman–Crippen MR) is 51.2 cm³/mol. The van der Waals surface area contributed by atoms with E-state index in [2.05, 4.69) is 5.32 Å². The van der Waals surface area contributed by atoms with Crippen molar-refractivity contribution in [3.63, 3.8) is 0 Å². The van der Waals surface area contributed by atoms with Crippen molar-refractivity contribution in [2.75, 3.05) is 13.2 Å². The normalized spacial score (nSPS) is 12.8. The van der Waals surface area contributed by atoms with Gasteiger partial charge in [0.2, 0.25) is 0 Å². The number of hydrogen-bond acceptors (Lipinski definition) is 3. The molecule has 3 N–H and O–H groups in total. The Balaban J connectivity index is 2.20. The highest BCUT2D eigenvalue weighted by atomic mass is 16.3. The molecule has 13 heavy (non-hydrogen) atoms. The molecule has 72 valence electrons. The average molecular weight is 181 g/mol. The average Bonchev–Trinajstić information content (AvgIpc) is 2.19. The highest BCUT2D eigenvalue weighted by Gasteiger charge is 1.99. The van der Waals surface area contributed by atoms with Crippen LogP contribution in [0.3, 0.4) is 0 Å². The molecule has 1 aromatic rings. The van der Waals surface area contributed by atoms with Gasteiger partial charge in [-0.1, -0.05) is 30.3 Å². The lowest BCUT2D eigenvalue weighted by Gasteiger charge is -2.08. The van der Waals surface area contributed by atoms with Crippen LogP contribution in [0.15, 0.2) is 30.3 Å². The minimum absolute atomic E-state index is 0.193. The molecular weight excluding hydrogens is 166 g/mol. The van der Waals surface area contributed by atoms with Crippen molar-refractivity contribution < 1.29 is 10.2 Å². The summed E-state index contributed by atoms with van der Waals surface area (Å²) in [5.74, 6) is 0. The van der Waals surface area contributed by atoms with Gasteiger partial charge in [-0.3, -0.25) is 0 Å². The Bertz CT molecular complexity index is 226. The predicted octanol–water partition coefficient (Wildman–Crippen LogP) is 0.129. The summed E-state index contributed by atoms with van der Waals surface area (Å²) >= 11 is 0. The minimum atomic E-state index is -0.663. The fourth-order valence-corrected chi connectivity index (χ4v) is 1.04. The molecule has 0 fully saturated rings. The van der Waals surface area contributed by atoms with Crippen molar-refractivity contribution in [2.45, 2.75) is 12.6 Å². The van der Waals surface area contributed by atoms with Gasteiger partial charge in [0.25, 0.3) is 0 Å². The minimum Gasteiger partial charge on any atom is -0.394 e. The maximum absolute atomic E-state index is 9.02. The van der Waals surface area contributed by atoms with Crippen LogP contribution in [0.2, 0.25) is 0 Å². The number of nitrogens with one attached hydrogen (secondary N) is 1. The van der Waals surface area contributed by atoms with Crippen molar-refractivity contribution in [1.82, 2.24) is 5.32 Å². The molecule has 0 saturated carbocycles. The molecule has 1 atom stereocenters. The van der Waals surface area contributed by atoms with Crippen LogP contribution >= 0.6 is 0 Å². The Morgan fingerprint density at radius 2 is 1.92 bits per heavy atom. The van der Waals surface area contributed by atoms with Crippen LogP contribution in [0.5, 0.6) is 0 Å². The number of rotatable bonds is 5. The van der Waals surface area contributed by atoms with E-state index in [1.165, 1.54) is 5.56 Å². The van der Waals surface area contributed by atoms with Gasteiger partial charge in [-0.05, 0) is 5.56 Å². The molecule has 0 heterocycles. The Kier molecular flexibility index (Phi) is 4.46. The van der Waals surface area contributed by atoms with Gasteiger partial charge in [-0.25, -0.2) is 0 Å². The third-order valence-electron chi connectivity index (χ3n) is 1.76. The summed E-state index contributed by atoms with van der Waals surface area (Å²) in [6.45, 7) is 0.949. The monoisotopic (exact) mass is 181 g/mol. The van der Waals surface area contributed by atoms with Gasteiger partial charge < -0.3 is 15.5 Å². The quantitative estimate of drug-likeness (QED) is 0.605. The van der Waals surface area contributed by atoms with E-state index in [-0.39, 0.29) is 6.61 Å². The molecule has 1 rings (SSSR count). The van der Waals surface area contributed by atoms with Crippen LogP contribution in [0, 0.1) is 0 Å². The van der Waals surface area contributed by atoms with Gasteiger partial charge in [0, 0.05) is 13.1 Å².